The Balaban J connectivity index is 2.29. The number of nitrogens with zero attached hydrogens (tertiary/aromatic N) is 2. The maximum atomic E-state index is 11.8. The van der Waals surface area contributed by atoms with Gasteiger partial charge in [-0.05, 0) is 34.5 Å². The quantitative estimate of drug-likeness (QED) is 0.884. The number of halogens is 1. The SMILES string of the molecule is Cc1cc(Br)cnc1N1CC(C(N)=O)CC1=O. The summed E-state index contributed by atoms with van der Waals surface area (Å²) in [6.07, 6.45) is 1.81. The van der Waals surface area contributed by atoms with Crippen LogP contribution in [0, 0.1) is 12.8 Å². The van der Waals surface area contributed by atoms with Gasteiger partial charge in [0.1, 0.15) is 5.82 Å². The Labute approximate surface area is 107 Å². The zero-order valence-electron chi connectivity index (χ0n) is 9.31. The molecular formula is C11H12BrN3O2. The fourth-order valence-electron chi connectivity index (χ4n) is 1.92. The Hall–Kier alpha value is -1.43. The zero-order chi connectivity index (χ0) is 12.6. The van der Waals surface area contributed by atoms with Crippen LogP contribution in [0.1, 0.15) is 12.0 Å². The van der Waals surface area contributed by atoms with Crippen molar-refractivity contribution in [3.8, 4) is 0 Å². The van der Waals surface area contributed by atoms with Crippen LogP contribution in [0.15, 0.2) is 16.7 Å². The third-order valence-electron chi connectivity index (χ3n) is 2.80. The van der Waals surface area contributed by atoms with Gasteiger partial charge in [-0.3, -0.25) is 14.5 Å². The molecule has 5 nitrogen and oxygen atoms in total. The van der Waals surface area contributed by atoms with Crippen LogP contribution in [0.4, 0.5) is 5.82 Å². The second-order valence-corrected chi connectivity index (χ2v) is 5.02. The highest BCUT2D eigenvalue weighted by Crippen LogP contribution is 2.27. The fraction of sp³-hybridized carbons (Fsp3) is 0.364. The summed E-state index contributed by atoms with van der Waals surface area (Å²) >= 11 is 3.32. The van der Waals surface area contributed by atoms with Gasteiger partial charge < -0.3 is 5.73 Å². The maximum absolute atomic E-state index is 11.8. The number of primary amides is 1. The van der Waals surface area contributed by atoms with Crippen molar-refractivity contribution in [2.45, 2.75) is 13.3 Å². The van der Waals surface area contributed by atoms with Crippen molar-refractivity contribution >= 4 is 33.6 Å². The molecule has 2 heterocycles. The molecule has 2 rings (SSSR count). The smallest absolute Gasteiger partial charge is 0.229 e. The second-order valence-electron chi connectivity index (χ2n) is 4.10. The molecule has 0 bridgehead atoms. The number of aromatic nitrogens is 1. The van der Waals surface area contributed by atoms with Crippen molar-refractivity contribution in [3.05, 3.63) is 22.3 Å². The molecule has 1 aliphatic rings. The third-order valence-corrected chi connectivity index (χ3v) is 3.23. The first-order valence-electron chi connectivity index (χ1n) is 5.21. The molecule has 0 aromatic carbocycles. The minimum absolute atomic E-state index is 0.105. The summed E-state index contributed by atoms with van der Waals surface area (Å²) in [5.41, 5.74) is 6.10. The molecule has 1 atom stereocenters. The molecule has 1 aromatic heterocycles. The van der Waals surface area contributed by atoms with Crippen LogP contribution in [0.3, 0.4) is 0 Å². The topological polar surface area (TPSA) is 76.3 Å². The average Bonchev–Trinajstić information content (AvgIpc) is 2.61. The molecule has 2 amide bonds. The largest absolute Gasteiger partial charge is 0.369 e. The van der Waals surface area contributed by atoms with Crippen LogP contribution in [0.2, 0.25) is 0 Å². The van der Waals surface area contributed by atoms with Gasteiger partial charge in [0.25, 0.3) is 0 Å². The Morgan fingerprint density at radius 2 is 2.35 bits per heavy atom. The molecule has 17 heavy (non-hydrogen) atoms. The van der Waals surface area contributed by atoms with Gasteiger partial charge >= 0.3 is 0 Å². The summed E-state index contributed by atoms with van der Waals surface area (Å²) in [5, 5.41) is 0. The van der Waals surface area contributed by atoms with Crippen LogP contribution in [-0.4, -0.2) is 23.3 Å². The highest BCUT2D eigenvalue weighted by atomic mass is 79.9. The van der Waals surface area contributed by atoms with E-state index >= 15 is 0 Å². The fourth-order valence-corrected chi connectivity index (χ4v) is 2.36. The van der Waals surface area contributed by atoms with Crippen molar-refractivity contribution in [1.82, 2.24) is 4.98 Å². The van der Waals surface area contributed by atoms with Crippen LogP contribution in [-0.2, 0) is 9.59 Å². The number of pyridine rings is 1. The Morgan fingerprint density at radius 1 is 1.65 bits per heavy atom. The van der Waals surface area contributed by atoms with Gasteiger partial charge in [0.05, 0.1) is 5.92 Å². The van der Waals surface area contributed by atoms with E-state index in [0.717, 1.165) is 10.0 Å². The van der Waals surface area contributed by atoms with Gasteiger partial charge in [0, 0.05) is 23.6 Å². The molecule has 0 saturated carbocycles. The number of hydrogen-bond donors (Lipinski definition) is 1. The molecule has 90 valence electrons. The number of hydrogen-bond acceptors (Lipinski definition) is 3. The van der Waals surface area contributed by atoms with Crippen LogP contribution < -0.4 is 10.6 Å². The molecular weight excluding hydrogens is 286 g/mol. The zero-order valence-corrected chi connectivity index (χ0v) is 10.9. The molecule has 1 fully saturated rings. The molecule has 0 spiro atoms. The Morgan fingerprint density at radius 3 is 2.88 bits per heavy atom. The van der Waals surface area contributed by atoms with E-state index < -0.39 is 11.8 Å². The van der Waals surface area contributed by atoms with Crippen molar-refractivity contribution in [3.63, 3.8) is 0 Å². The molecule has 1 aliphatic heterocycles. The highest BCUT2D eigenvalue weighted by Gasteiger charge is 2.35. The lowest BCUT2D eigenvalue weighted by Gasteiger charge is -2.17. The summed E-state index contributed by atoms with van der Waals surface area (Å²) < 4.78 is 0.858. The molecule has 1 saturated heterocycles. The van der Waals surface area contributed by atoms with Gasteiger partial charge in [-0.25, -0.2) is 4.98 Å². The number of nitrogens with two attached hydrogens (primary N) is 1. The van der Waals surface area contributed by atoms with Crippen LogP contribution in [0.5, 0.6) is 0 Å². The predicted octanol–water partition coefficient (Wildman–Crippen LogP) is 0.991. The molecule has 0 aliphatic carbocycles. The molecule has 1 aromatic rings. The third kappa shape index (κ3) is 2.31. The molecule has 6 heteroatoms. The lowest BCUT2D eigenvalue weighted by Crippen LogP contribution is -2.29. The summed E-state index contributed by atoms with van der Waals surface area (Å²) in [4.78, 5) is 28.6. The van der Waals surface area contributed by atoms with E-state index in [9.17, 15) is 9.59 Å². The number of anilines is 1. The maximum Gasteiger partial charge on any atom is 0.229 e. The summed E-state index contributed by atoms with van der Waals surface area (Å²) in [6, 6.07) is 1.88. The standard InChI is InChI=1S/C11H12BrN3O2/c1-6-2-8(12)4-14-11(6)15-5-7(10(13)17)3-9(15)16/h2,4,7H,3,5H2,1H3,(H2,13,17). The Kier molecular flexibility index (Phi) is 3.15. The summed E-state index contributed by atoms with van der Waals surface area (Å²) in [5.74, 6) is -0.350. The first-order valence-corrected chi connectivity index (χ1v) is 6.00. The summed E-state index contributed by atoms with van der Waals surface area (Å²) in [7, 11) is 0. The van der Waals surface area contributed by atoms with Gasteiger partial charge in [-0.15, -0.1) is 0 Å². The second kappa shape index (κ2) is 4.44. The van der Waals surface area contributed by atoms with E-state index in [4.69, 9.17) is 5.73 Å². The van der Waals surface area contributed by atoms with E-state index in [2.05, 4.69) is 20.9 Å². The Bertz CT molecular complexity index is 490. The first-order chi connectivity index (χ1) is 7.99. The van der Waals surface area contributed by atoms with E-state index in [1.54, 1.807) is 6.20 Å². The van der Waals surface area contributed by atoms with E-state index in [1.165, 1.54) is 4.90 Å². The predicted molar refractivity (Wildman–Crippen MR) is 66.3 cm³/mol. The van der Waals surface area contributed by atoms with Crippen molar-refractivity contribution < 1.29 is 9.59 Å². The lowest BCUT2D eigenvalue weighted by molar-refractivity contribution is -0.123. The van der Waals surface area contributed by atoms with Gasteiger partial charge in [0.15, 0.2) is 0 Å². The van der Waals surface area contributed by atoms with E-state index in [-0.39, 0.29) is 12.3 Å². The summed E-state index contributed by atoms with van der Waals surface area (Å²) in [6.45, 7) is 2.20. The number of amides is 2. The molecule has 0 radical (unpaired) electrons. The van der Waals surface area contributed by atoms with Crippen LogP contribution in [0.25, 0.3) is 0 Å². The van der Waals surface area contributed by atoms with E-state index in [1.807, 2.05) is 13.0 Å². The lowest BCUT2D eigenvalue weighted by atomic mass is 10.1. The average molecular weight is 298 g/mol. The van der Waals surface area contributed by atoms with Gasteiger partial charge in [-0.2, -0.15) is 0 Å². The van der Waals surface area contributed by atoms with Gasteiger partial charge in [-0.1, -0.05) is 0 Å². The minimum atomic E-state index is -0.435. The van der Waals surface area contributed by atoms with Crippen molar-refractivity contribution in [2.75, 3.05) is 11.4 Å². The minimum Gasteiger partial charge on any atom is -0.369 e. The molecule has 1 unspecified atom stereocenters. The van der Waals surface area contributed by atoms with Crippen LogP contribution >= 0.6 is 15.9 Å². The van der Waals surface area contributed by atoms with Crippen molar-refractivity contribution in [1.29, 1.82) is 0 Å². The normalized spacial score (nSPS) is 19.8. The van der Waals surface area contributed by atoms with Gasteiger partial charge in [0.2, 0.25) is 11.8 Å². The number of carbonyl (C=O) groups is 2. The number of aryl methyl sites for hydroxylation is 1. The van der Waals surface area contributed by atoms with E-state index in [0.29, 0.717) is 12.4 Å². The first kappa shape index (κ1) is 12.0. The monoisotopic (exact) mass is 297 g/mol. The highest BCUT2D eigenvalue weighted by molar-refractivity contribution is 9.10. The molecule has 2 N–H and O–H groups in total. The number of rotatable bonds is 2. The number of carbonyl (C=O) groups excluding carboxylic acids is 2. The van der Waals surface area contributed by atoms with Crippen molar-refractivity contribution in [2.24, 2.45) is 11.7 Å².